The molecule has 4 nitrogen and oxygen atoms in total. The normalized spacial score (nSPS) is 12.1. The smallest absolute Gasteiger partial charge is 0.220 e. The lowest BCUT2D eigenvalue weighted by Gasteiger charge is -2.16. The lowest BCUT2D eigenvalue weighted by molar-refractivity contribution is -0.125. The molecular weight excluding hydrogens is 204 g/mol. The summed E-state index contributed by atoms with van der Waals surface area (Å²) < 4.78 is 0. The number of unbranched alkanes of at least 4 members (excludes halogenated alkanes) is 2. The second-order valence-corrected chi connectivity index (χ2v) is 4.13. The van der Waals surface area contributed by atoms with Crippen LogP contribution in [0.1, 0.15) is 58.8 Å². The molecule has 2 amide bonds. The summed E-state index contributed by atoms with van der Waals surface area (Å²) in [5, 5.41) is 2.93. The van der Waals surface area contributed by atoms with Crippen molar-refractivity contribution in [3.63, 3.8) is 0 Å². The highest BCUT2D eigenvalue weighted by Crippen LogP contribution is 2.06. The van der Waals surface area contributed by atoms with Gasteiger partial charge in [0.1, 0.15) is 0 Å². The van der Waals surface area contributed by atoms with Crippen molar-refractivity contribution in [2.75, 3.05) is 0 Å². The van der Waals surface area contributed by atoms with Crippen molar-refractivity contribution in [2.24, 2.45) is 5.73 Å². The number of carbonyl (C=O) groups excluding carboxylic acids is 2. The summed E-state index contributed by atoms with van der Waals surface area (Å²) in [5.41, 5.74) is 4.98. The van der Waals surface area contributed by atoms with Crippen LogP contribution in [0.25, 0.3) is 0 Å². The molecule has 0 saturated carbocycles. The fourth-order valence-corrected chi connectivity index (χ4v) is 1.56. The van der Waals surface area contributed by atoms with Gasteiger partial charge in [-0.05, 0) is 12.8 Å². The molecule has 0 spiro atoms. The summed E-state index contributed by atoms with van der Waals surface area (Å²) in [6, 6.07) is 0.243. The van der Waals surface area contributed by atoms with Gasteiger partial charge in [0.05, 0.1) is 0 Å². The van der Waals surface area contributed by atoms with Crippen molar-refractivity contribution in [1.29, 1.82) is 0 Å². The van der Waals surface area contributed by atoms with E-state index in [4.69, 9.17) is 5.73 Å². The molecule has 0 aliphatic carbocycles. The molecule has 0 aromatic rings. The van der Waals surface area contributed by atoms with Gasteiger partial charge in [0.25, 0.3) is 0 Å². The largest absolute Gasteiger partial charge is 0.370 e. The van der Waals surface area contributed by atoms with Gasteiger partial charge in [0.2, 0.25) is 11.8 Å². The minimum atomic E-state index is -0.422. The van der Waals surface area contributed by atoms with Crippen LogP contribution in [0.2, 0.25) is 0 Å². The van der Waals surface area contributed by atoms with Crippen LogP contribution in [-0.2, 0) is 9.59 Å². The number of primary amides is 1. The molecule has 1 unspecified atom stereocenters. The average Bonchev–Trinajstić information content (AvgIpc) is 2.25. The summed E-state index contributed by atoms with van der Waals surface area (Å²) in [6.45, 7) is 4.22. The predicted molar refractivity (Wildman–Crippen MR) is 64.8 cm³/mol. The molecule has 0 bridgehead atoms. The Bertz CT molecular complexity index is 217. The number of carbonyl (C=O) groups is 2. The van der Waals surface area contributed by atoms with Gasteiger partial charge in [-0.3, -0.25) is 9.59 Å². The number of hydrogen-bond donors (Lipinski definition) is 2. The first-order valence-electron chi connectivity index (χ1n) is 6.17. The molecular formula is C12H24N2O2. The molecule has 0 rings (SSSR count). The molecule has 0 aliphatic heterocycles. The number of amides is 2. The lowest BCUT2D eigenvalue weighted by Crippen LogP contribution is -2.34. The first-order chi connectivity index (χ1) is 7.60. The first kappa shape index (κ1) is 14.9. The predicted octanol–water partition coefficient (Wildman–Crippen LogP) is 1.73. The van der Waals surface area contributed by atoms with Crippen molar-refractivity contribution in [3.05, 3.63) is 0 Å². The summed E-state index contributed by atoms with van der Waals surface area (Å²) in [6.07, 6.45) is 5.83. The number of nitrogens with one attached hydrogen (secondary N) is 1. The molecule has 0 radical (unpaired) electrons. The van der Waals surface area contributed by atoms with Crippen LogP contribution < -0.4 is 11.1 Å². The third kappa shape index (κ3) is 8.26. The zero-order chi connectivity index (χ0) is 12.4. The molecule has 0 heterocycles. The fraction of sp³-hybridized carbons (Fsp3) is 0.833. The van der Waals surface area contributed by atoms with E-state index in [2.05, 4.69) is 19.2 Å². The van der Waals surface area contributed by atoms with Gasteiger partial charge in [-0.25, -0.2) is 0 Å². The van der Waals surface area contributed by atoms with Crippen LogP contribution in [0.5, 0.6) is 0 Å². The Balaban J connectivity index is 3.74. The van der Waals surface area contributed by atoms with E-state index in [-0.39, 0.29) is 24.8 Å². The third-order valence-electron chi connectivity index (χ3n) is 2.61. The van der Waals surface area contributed by atoms with E-state index in [0.29, 0.717) is 0 Å². The van der Waals surface area contributed by atoms with Crippen LogP contribution >= 0.6 is 0 Å². The molecule has 4 heteroatoms. The Morgan fingerprint density at radius 3 is 2.38 bits per heavy atom. The molecule has 0 saturated heterocycles. The van der Waals surface area contributed by atoms with E-state index in [1.807, 2.05) is 0 Å². The molecule has 0 aromatic heterocycles. The Labute approximate surface area is 98.0 Å². The number of hydrogen-bond acceptors (Lipinski definition) is 2. The van der Waals surface area contributed by atoms with Gasteiger partial charge in [0, 0.05) is 18.9 Å². The average molecular weight is 228 g/mol. The van der Waals surface area contributed by atoms with Crippen molar-refractivity contribution in [3.8, 4) is 0 Å². The SMILES string of the molecule is CCCCCC(CC)NC(=O)CCC(N)=O. The molecule has 1 atom stereocenters. The van der Waals surface area contributed by atoms with E-state index in [1.165, 1.54) is 12.8 Å². The van der Waals surface area contributed by atoms with Gasteiger partial charge in [0.15, 0.2) is 0 Å². The lowest BCUT2D eigenvalue weighted by atomic mass is 10.1. The van der Waals surface area contributed by atoms with Gasteiger partial charge in [-0.1, -0.05) is 33.1 Å². The Kier molecular flexibility index (Phi) is 8.58. The molecule has 3 N–H and O–H groups in total. The topological polar surface area (TPSA) is 72.2 Å². The Morgan fingerprint density at radius 1 is 1.19 bits per heavy atom. The van der Waals surface area contributed by atoms with Crippen LogP contribution in [0.4, 0.5) is 0 Å². The van der Waals surface area contributed by atoms with Crippen LogP contribution in [-0.4, -0.2) is 17.9 Å². The second kappa shape index (κ2) is 9.19. The standard InChI is InChI=1S/C12H24N2O2/c1-3-5-6-7-10(4-2)14-12(16)9-8-11(13)15/h10H,3-9H2,1-2H3,(H2,13,15)(H,14,16). The highest BCUT2D eigenvalue weighted by atomic mass is 16.2. The van der Waals surface area contributed by atoms with Crippen LogP contribution in [0, 0.1) is 0 Å². The first-order valence-corrected chi connectivity index (χ1v) is 6.17. The molecule has 0 aromatic carbocycles. The summed E-state index contributed by atoms with van der Waals surface area (Å²) in [7, 11) is 0. The minimum Gasteiger partial charge on any atom is -0.370 e. The highest BCUT2D eigenvalue weighted by molar-refractivity contribution is 5.82. The van der Waals surface area contributed by atoms with Gasteiger partial charge in [-0.15, -0.1) is 0 Å². The Hall–Kier alpha value is -1.06. The summed E-state index contributed by atoms with van der Waals surface area (Å²) in [5.74, 6) is -0.490. The molecule has 0 fully saturated rings. The van der Waals surface area contributed by atoms with E-state index >= 15 is 0 Å². The minimum absolute atomic E-state index is 0.0675. The third-order valence-corrected chi connectivity index (χ3v) is 2.61. The van der Waals surface area contributed by atoms with Crippen molar-refractivity contribution in [2.45, 2.75) is 64.8 Å². The van der Waals surface area contributed by atoms with E-state index in [0.717, 1.165) is 19.3 Å². The number of nitrogens with two attached hydrogens (primary N) is 1. The Morgan fingerprint density at radius 2 is 1.88 bits per heavy atom. The molecule has 0 aliphatic rings. The zero-order valence-corrected chi connectivity index (χ0v) is 10.4. The fourth-order valence-electron chi connectivity index (χ4n) is 1.56. The van der Waals surface area contributed by atoms with E-state index < -0.39 is 5.91 Å². The molecule has 94 valence electrons. The molecule has 16 heavy (non-hydrogen) atoms. The second-order valence-electron chi connectivity index (χ2n) is 4.13. The van der Waals surface area contributed by atoms with Gasteiger partial charge >= 0.3 is 0 Å². The van der Waals surface area contributed by atoms with Crippen molar-refractivity contribution in [1.82, 2.24) is 5.32 Å². The summed E-state index contributed by atoms with van der Waals surface area (Å²) in [4.78, 5) is 21.9. The zero-order valence-electron chi connectivity index (χ0n) is 10.4. The monoisotopic (exact) mass is 228 g/mol. The summed E-state index contributed by atoms with van der Waals surface area (Å²) >= 11 is 0. The quantitative estimate of drug-likeness (QED) is 0.590. The van der Waals surface area contributed by atoms with Crippen molar-refractivity contribution < 1.29 is 9.59 Å². The highest BCUT2D eigenvalue weighted by Gasteiger charge is 2.10. The maximum atomic E-state index is 11.4. The van der Waals surface area contributed by atoms with E-state index in [1.54, 1.807) is 0 Å². The van der Waals surface area contributed by atoms with Gasteiger partial charge in [-0.2, -0.15) is 0 Å². The van der Waals surface area contributed by atoms with Crippen LogP contribution in [0.15, 0.2) is 0 Å². The van der Waals surface area contributed by atoms with Crippen LogP contribution in [0.3, 0.4) is 0 Å². The van der Waals surface area contributed by atoms with Crippen molar-refractivity contribution >= 4 is 11.8 Å². The van der Waals surface area contributed by atoms with E-state index in [9.17, 15) is 9.59 Å². The number of rotatable bonds is 9. The maximum Gasteiger partial charge on any atom is 0.220 e. The van der Waals surface area contributed by atoms with Gasteiger partial charge < -0.3 is 11.1 Å². The maximum absolute atomic E-state index is 11.4.